The number of amides is 1. The van der Waals surface area contributed by atoms with Crippen molar-refractivity contribution in [2.24, 2.45) is 17.6 Å². The second-order valence-corrected chi connectivity index (χ2v) is 5.41. The van der Waals surface area contributed by atoms with E-state index < -0.39 is 0 Å². The fourth-order valence-electron chi connectivity index (χ4n) is 2.47. The molecule has 17 heavy (non-hydrogen) atoms. The third kappa shape index (κ3) is 6.27. The van der Waals surface area contributed by atoms with E-state index in [1.165, 1.54) is 19.3 Å². The van der Waals surface area contributed by atoms with Crippen LogP contribution < -0.4 is 11.1 Å². The average molecular weight is 263 g/mol. The first-order chi connectivity index (χ1) is 7.63. The minimum atomic E-state index is 0. The summed E-state index contributed by atoms with van der Waals surface area (Å²) in [5, 5.41) is 3.10. The zero-order chi connectivity index (χ0) is 12.0. The van der Waals surface area contributed by atoms with Gasteiger partial charge < -0.3 is 11.1 Å². The largest absolute Gasteiger partial charge is 0.352 e. The van der Waals surface area contributed by atoms with Crippen molar-refractivity contribution < 1.29 is 4.79 Å². The van der Waals surface area contributed by atoms with Gasteiger partial charge in [-0.1, -0.05) is 33.1 Å². The van der Waals surface area contributed by atoms with Gasteiger partial charge in [0, 0.05) is 18.5 Å². The molecule has 0 aromatic heterocycles. The summed E-state index contributed by atoms with van der Waals surface area (Å²) in [7, 11) is 0. The van der Waals surface area contributed by atoms with Crippen molar-refractivity contribution in [3.05, 3.63) is 0 Å². The van der Waals surface area contributed by atoms with Gasteiger partial charge in [0.15, 0.2) is 0 Å². The molecule has 1 aliphatic carbocycles. The fraction of sp³-hybridized carbons (Fsp3) is 0.923. The Balaban J connectivity index is 0.00000256. The van der Waals surface area contributed by atoms with E-state index >= 15 is 0 Å². The van der Waals surface area contributed by atoms with Crippen molar-refractivity contribution in [1.29, 1.82) is 0 Å². The number of nitrogens with two attached hydrogens (primary N) is 1. The van der Waals surface area contributed by atoms with E-state index in [1.54, 1.807) is 0 Å². The van der Waals surface area contributed by atoms with Crippen molar-refractivity contribution >= 4 is 18.3 Å². The molecule has 0 aliphatic heterocycles. The summed E-state index contributed by atoms with van der Waals surface area (Å²) in [5.41, 5.74) is 5.68. The molecule has 0 saturated heterocycles. The van der Waals surface area contributed by atoms with Gasteiger partial charge in [-0.2, -0.15) is 0 Å². The van der Waals surface area contributed by atoms with Gasteiger partial charge in [-0.25, -0.2) is 0 Å². The van der Waals surface area contributed by atoms with Gasteiger partial charge in [0.2, 0.25) is 5.91 Å². The number of hydrogen-bond acceptors (Lipinski definition) is 2. The van der Waals surface area contributed by atoms with Crippen LogP contribution in [0.5, 0.6) is 0 Å². The molecule has 1 fully saturated rings. The molecule has 0 aromatic rings. The molecular formula is C13H27ClN2O. The summed E-state index contributed by atoms with van der Waals surface area (Å²) in [4.78, 5) is 12.0. The molecule has 0 heterocycles. The molecule has 1 amide bonds. The fourth-order valence-corrected chi connectivity index (χ4v) is 2.47. The van der Waals surface area contributed by atoms with E-state index in [4.69, 9.17) is 5.73 Å². The molecule has 0 spiro atoms. The van der Waals surface area contributed by atoms with Crippen LogP contribution in [-0.4, -0.2) is 18.5 Å². The first-order valence-corrected chi connectivity index (χ1v) is 6.64. The lowest BCUT2D eigenvalue weighted by Crippen LogP contribution is -2.44. The van der Waals surface area contributed by atoms with Crippen LogP contribution in [0, 0.1) is 11.8 Å². The standard InChI is InChI=1S/C13H26N2O.ClH/c1-10(2)8-12(9-14)15-13(16)11-6-4-3-5-7-11;/h10-12H,3-9,14H2,1-2H3,(H,15,16);1H. The Labute approximate surface area is 111 Å². The summed E-state index contributed by atoms with van der Waals surface area (Å²) in [6.07, 6.45) is 6.80. The zero-order valence-corrected chi connectivity index (χ0v) is 11.9. The summed E-state index contributed by atoms with van der Waals surface area (Å²) < 4.78 is 0. The van der Waals surface area contributed by atoms with Gasteiger partial charge in [0.25, 0.3) is 0 Å². The zero-order valence-electron chi connectivity index (χ0n) is 11.1. The third-order valence-corrected chi connectivity index (χ3v) is 3.36. The SMILES string of the molecule is CC(C)CC(CN)NC(=O)C1CCCCC1.Cl. The van der Waals surface area contributed by atoms with Crippen LogP contribution in [0.3, 0.4) is 0 Å². The smallest absolute Gasteiger partial charge is 0.223 e. The topological polar surface area (TPSA) is 55.1 Å². The van der Waals surface area contributed by atoms with Crippen LogP contribution in [0.1, 0.15) is 52.4 Å². The maximum absolute atomic E-state index is 12.0. The van der Waals surface area contributed by atoms with Crippen LogP contribution in [-0.2, 0) is 4.79 Å². The Bertz CT molecular complexity index is 215. The number of hydrogen-bond donors (Lipinski definition) is 2. The van der Waals surface area contributed by atoms with E-state index in [1.807, 2.05) is 0 Å². The van der Waals surface area contributed by atoms with Gasteiger partial charge in [-0.15, -0.1) is 12.4 Å². The number of carbonyl (C=O) groups is 1. The normalized spacial score (nSPS) is 18.6. The molecule has 1 unspecified atom stereocenters. The van der Waals surface area contributed by atoms with Gasteiger partial charge in [-0.05, 0) is 25.2 Å². The van der Waals surface area contributed by atoms with Crippen molar-refractivity contribution in [1.82, 2.24) is 5.32 Å². The molecule has 3 N–H and O–H groups in total. The minimum Gasteiger partial charge on any atom is -0.352 e. The number of halogens is 1. The van der Waals surface area contributed by atoms with Gasteiger partial charge in [0.05, 0.1) is 0 Å². The van der Waals surface area contributed by atoms with Crippen LogP contribution in [0.2, 0.25) is 0 Å². The first-order valence-electron chi connectivity index (χ1n) is 6.64. The predicted molar refractivity (Wildman–Crippen MR) is 74.3 cm³/mol. The molecule has 4 heteroatoms. The van der Waals surface area contributed by atoms with Gasteiger partial charge in [0.1, 0.15) is 0 Å². The van der Waals surface area contributed by atoms with Crippen LogP contribution in [0.15, 0.2) is 0 Å². The Hall–Kier alpha value is -0.280. The summed E-state index contributed by atoms with van der Waals surface area (Å²) in [6, 6.07) is 0.162. The molecule has 1 aliphatic rings. The van der Waals surface area contributed by atoms with Crippen LogP contribution in [0.4, 0.5) is 0 Å². The molecule has 0 bridgehead atoms. The van der Waals surface area contributed by atoms with Crippen LogP contribution >= 0.6 is 12.4 Å². The first kappa shape index (κ1) is 16.7. The lowest BCUT2D eigenvalue weighted by atomic mass is 9.88. The highest BCUT2D eigenvalue weighted by molar-refractivity contribution is 5.85. The summed E-state index contributed by atoms with van der Waals surface area (Å²) in [5.74, 6) is 1.06. The molecular weight excluding hydrogens is 236 g/mol. The minimum absolute atomic E-state index is 0. The highest BCUT2D eigenvalue weighted by Crippen LogP contribution is 2.23. The van der Waals surface area contributed by atoms with E-state index in [0.717, 1.165) is 19.3 Å². The number of rotatable bonds is 5. The molecule has 1 saturated carbocycles. The Morgan fingerprint density at radius 1 is 1.29 bits per heavy atom. The van der Waals surface area contributed by atoms with Crippen molar-refractivity contribution in [3.8, 4) is 0 Å². The Morgan fingerprint density at radius 2 is 1.88 bits per heavy atom. The maximum atomic E-state index is 12.0. The van der Waals surface area contributed by atoms with Crippen molar-refractivity contribution in [3.63, 3.8) is 0 Å². The van der Waals surface area contributed by atoms with Crippen LogP contribution in [0.25, 0.3) is 0 Å². The second-order valence-electron chi connectivity index (χ2n) is 5.41. The predicted octanol–water partition coefficient (Wildman–Crippen LogP) is 2.48. The molecule has 1 atom stereocenters. The van der Waals surface area contributed by atoms with Gasteiger partial charge >= 0.3 is 0 Å². The lowest BCUT2D eigenvalue weighted by molar-refractivity contribution is -0.126. The number of carbonyl (C=O) groups excluding carboxylic acids is 1. The lowest BCUT2D eigenvalue weighted by Gasteiger charge is -2.25. The van der Waals surface area contributed by atoms with Crippen molar-refractivity contribution in [2.75, 3.05) is 6.54 Å². The summed E-state index contributed by atoms with van der Waals surface area (Å²) >= 11 is 0. The van der Waals surface area contributed by atoms with E-state index in [9.17, 15) is 4.79 Å². The summed E-state index contributed by atoms with van der Waals surface area (Å²) in [6.45, 7) is 4.88. The molecule has 3 nitrogen and oxygen atoms in total. The average Bonchev–Trinajstić information content (AvgIpc) is 2.28. The molecule has 0 aromatic carbocycles. The Morgan fingerprint density at radius 3 is 2.35 bits per heavy atom. The monoisotopic (exact) mass is 262 g/mol. The maximum Gasteiger partial charge on any atom is 0.223 e. The molecule has 0 radical (unpaired) electrons. The molecule has 102 valence electrons. The van der Waals surface area contributed by atoms with E-state index in [0.29, 0.717) is 12.5 Å². The van der Waals surface area contributed by atoms with E-state index in [2.05, 4.69) is 19.2 Å². The third-order valence-electron chi connectivity index (χ3n) is 3.36. The van der Waals surface area contributed by atoms with Gasteiger partial charge in [-0.3, -0.25) is 4.79 Å². The number of nitrogens with one attached hydrogen (secondary N) is 1. The second kappa shape index (κ2) is 8.76. The Kier molecular flexibility index (Phi) is 8.61. The highest BCUT2D eigenvalue weighted by Gasteiger charge is 2.23. The quantitative estimate of drug-likeness (QED) is 0.800. The van der Waals surface area contributed by atoms with E-state index in [-0.39, 0.29) is 30.3 Å². The molecule has 1 rings (SSSR count). The highest BCUT2D eigenvalue weighted by atomic mass is 35.5. The van der Waals surface area contributed by atoms with Crippen molar-refractivity contribution in [2.45, 2.75) is 58.4 Å².